The van der Waals surface area contributed by atoms with Gasteiger partial charge in [-0.2, -0.15) is 4.98 Å². The van der Waals surface area contributed by atoms with Gasteiger partial charge in [-0.25, -0.2) is 4.98 Å². The van der Waals surface area contributed by atoms with Gasteiger partial charge in [0.1, 0.15) is 11.6 Å². The van der Waals surface area contributed by atoms with Gasteiger partial charge < -0.3 is 25.2 Å². The van der Waals surface area contributed by atoms with Crippen LogP contribution < -0.4 is 15.0 Å². The van der Waals surface area contributed by atoms with Gasteiger partial charge in [-0.3, -0.25) is 0 Å². The molecule has 1 aromatic heterocycles. The summed E-state index contributed by atoms with van der Waals surface area (Å²) in [6.07, 6.45) is 2.86. The van der Waals surface area contributed by atoms with Gasteiger partial charge in [0.25, 0.3) is 0 Å². The third-order valence-corrected chi connectivity index (χ3v) is 5.07. The minimum absolute atomic E-state index is 0.0376. The van der Waals surface area contributed by atoms with Crippen molar-refractivity contribution in [1.29, 1.82) is 0 Å². The Balaban J connectivity index is 1.82. The third kappa shape index (κ3) is 4.43. The van der Waals surface area contributed by atoms with Crippen molar-refractivity contribution in [3.8, 4) is 5.75 Å². The first-order chi connectivity index (χ1) is 13.0. The van der Waals surface area contributed by atoms with Crippen molar-refractivity contribution in [3.05, 3.63) is 40.5 Å². The Kier molecular flexibility index (Phi) is 6.36. The molecule has 8 heteroatoms. The number of aliphatic hydroxyl groups is 2. The number of methoxy groups -OCH3 is 1. The molecule has 3 rings (SSSR count). The highest BCUT2D eigenvalue weighted by atomic mass is 35.5. The second-order valence-corrected chi connectivity index (χ2v) is 7.05. The predicted octanol–water partition coefficient (Wildman–Crippen LogP) is 2.77. The molecule has 1 saturated heterocycles. The molecule has 0 amide bonds. The number of nitrogens with one attached hydrogen (secondary N) is 1. The Morgan fingerprint density at radius 1 is 1.44 bits per heavy atom. The summed E-state index contributed by atoms with van der Waals surface area (Å²) in [5.41, 5.74) is 1.59. The van der Waals surface area contributed by atoms with E-state index in [4.69, 9.17) is 16.3 Å². The molecule has 2 atom stereocenters. The summed E-state index contributed by atoms with van der Waals surface area (Å²) in [4.78, 5) is 11.0. The van der Waals surface area contributed by atoms with Gasteiger partial charge in [0.05, 0.1) is 30.9 Å². The first-order valence-electron chi connectivity index (χ1n) is 9.02. The summed E-state index contributed by atoms with van der Waals surface area (Å²) in [5, 5.41) is 23.4. The van der Waals surface area contributed by atoms with Crippen molar-refractivity contribution in [2.75, 3.05) is 30.5 Å². The molecule has 1 fully saturated rings. The largest absolute Gasteiger partial charge is 0.495 e. The lowest BCUT2D eigenvalue weighted by molar-refractivity contribution is 0.199. The molecule has 2 heterocycles. The highest BCUT2D eigenvalue weighted by molar-refractivity contribution is 6.32. The van der Waals surface area contributed by atoms with Crippen LogP contribution in [0.4, 0.5) is 11.8 Å². The number of hydrogen-bond acceptors (Lipinski definition) is 7. The van der Waals surface area contributed by atoms with Gasteiger partial charge >= 0.3 is 0 Å². The Morgan fingerprint density at radius 2 is 2.26 bits per heavy atom. The van der Waals surface area contributed by atoms with Crippen molar-refractivity contribution in [2.24, 2.45) is 0 Å². The molecule has 1 aliphatic rings. The number of hydrogen-bond donors (Lipinski definition) is 3. The van der Waals surface area contributed by atoms with E-state index in [-0.39, 0.29) is 12.6 Å². The summed E-state index contributed by atoms with van der Waals surface area (Å²) in [6.45, 7) is 3.06. The molecule has 0 spiro atoms. The number of anilines is 2. The number of benzene rings is 1. The standard InChI is InChI=1S/C19H25ClN4O3/c1-12(26)15-10-22-19(24-7-3-4-14(24)11-25)23-18(15)21-9-13-5-6-17(27-2)16(20)8-13/h5-6,8,10,12,14,25-26H,3-4,7,9,11H2,1-2H3,(H,21,22,23). The van der Waals surface area contributed by atoms with Gasteiger partial charge in [-0.05, 0) is 37.5 Å². The average molecular weight is 393 g/mol. The molecular weight excluding hydrogens is 368 g/mol. The van der Waals surface area contributed by atoms with Crippen molar-refractivity contribution in [3.63, 3.8) is 0 Å². The third-order valence-electron chi connectivity index (χ3n) is 4.78. The number of aromatic nitrogens is 2. The van der Waals surface area contributed by atoms with Gasteiger partial charge in [0, 0.05) is 24.8 Å². The first kappa shape index (κ1) is 19.7. The lowest BCUT2D eigenvalue weighted by Crippen LogP contribution is -2.33. The maximum Gasteiger partial charge on any atom is 0.227 e. The molecule has 7 nitrogen and oxygen atoms in total. The first-order valence-corrected chi connectivity index (χ1v) is 9.40. The van der Waals surface area contributed by atoms with Gasteiger partial charge in [0.15, 0.2) is 0 Å². The van der Waals surface area contributed by atoms with Crippen LogP contribution in [0.1, 0.15) is 37.0 Å². The number of aliphatic hydroxyl groups excluding tert-OH is 2. The zero-order valence-electron chi connectivity index (χ0n) is 15.5. The molecule has 0 radical (unpaired) electrons. The monoisotopic (exact) mass is 392 g/mol. The van der Waals surface area contributed by atoms with Gasteiger partial charge in [0.2, 0.25) is 5.95 Å². The normalized spacial score (nSPS) is 17.8. The van der Waals surface area contributed by atoms with E-state index in [2.05, 4.69) is 15.3 Å². The fourth-order valence-electron chi connectivity index (χ4n) is 3.26. The van der Waals surface area contributed by atoms with E-state index in [1.165, 1.54) is 0 Å². The highest BCUT2D eigenvalue weighted by Crippen LogP contribution is 2.28. The van der Waals surface area contributed by atoms with Crippen LogP contribution in [0.3, 0.4) is 0 Å². The van der Waals surface area contributed by atoms with Crippen molar-refractivity contribution < 1.29 is 14.9 Å². The van der Waals surface area contributed by atoms with E-state index in [1.807, 2.05) is 23.1 Å². The molecule has 146 valence electrons. The van der Waals surface area contributed by atoms with E-state index in [0.29, 0.717) is 34.6 Å². The average Bonchev–Trinajstić information content (AvgIpc) is 3.15. The maximum absolute atomic E-state index is 10.1. The Labute approximate surface area is 164 Å². The molecule has 0 aliphatic carbocycles. The quantitative estimate of drug-likeness (QED) is 0.667. The molecular formula is C19H25ClN4O3. The summed E-state index contributed by atoms with van der Waals surface area (Å²) in [6, 6.07) is 5.61. The summed E-state index contributed by atoms with van der Waals surface area (Å²) in [7, 11) is 1.58. The van der Waals surface area contributed by atoms with Crippen LogP contribution in [-0.2, 0) is 6.54 Å². The summed E-state index contributed by atoms with van der Waals surface area (Å²) >= 11 is 6.19. The smallest absolute Gasteiger partial charge is 0.227 e. The van der Waals surface area contributed by atoms with Crippen LogP contribution in [0, 0.1) is 0 Å². The van der Waals surface area contributed by atoms with E-state index >= 15 is 0 Å². The lowest BCUT2D eigenvalue weighted by atomic mass is 10.2. The second kappa shape index (κ2) is 8.73. The Morgan fingerprint density at radius 3 is 2.93 bits per heavy atom. The Hall–Kier alpha value is -2.09. The maximum atomic E-state index is 10.1. The molecule has 0 saturated carbocycles. The van der Waals surface area contributed by atoms with E-state index < -0.39 is 6.10 Å². The zero-order valence-corrected chi connectivity index (χ0v) is 16.3. The van der Waals surface area contributed by atoms with Crippen LogP contribution in [0.2, 0.25) is 5.02 Å². The summed E-state index contributed by atoms with van der Waals surface area (Å²) < 4.78 is 5.17. The van der Waals surface area contributed by atoms with E-state index in [1.54, 1.807) is 20.2 Å². The molecule has 2 aromatic rings. The topological polar surface area (TPSA) is 90.7 Å². The van der Waals surface area contributed by atoms with E-state index in [0.717, 1.165) is 24.9 Å². The van der Waals surface area contributed by atoms with Crippen molar-refractivity contribution in [2.45, 2.75) is 38.5 Å². The van der Waals surface area contributed by atoms with Crippen LogP contribution in [0.25, 0.3) is 0 Å². The molecule has 27 heavy (non-hydrogen) atoms. The summed E-state index contributed by atoms with van der Waals surface area (Å²) in [5.74, 6) is 1.76. The SMILES string of the molecule is COc1ccc(CNc2nc(N3CCCC3CO)ncc2C(C)O)cc1Cl. The fourth-order valence-corrected chi connectivity index (χ4v) is 3.54. The minimum atomic E-state index is -0.701. The Bertz CT molecular complexity index is 788. The molecule has 3 N–H and O–H groups in total. The molecule has 1 aromatic carbocycles. The van der Waals surface area contributed by atoms with Crippen LogP contribution in [0.5, 0.6) is 5.75 Å². The molecule has 1 aliphatic heterocycles. The van der Waals surface area contributed by atoms with Gasteiger partial charge in [-0.15, -0.1) is 0 Å². The minimum Gasteiger partial charge on any atom is -0.495 e. The predicted molar refractivity (Wildman–Crippen MR) is 105 cm³/mol. The molecule has 2 unspecified atom stereocenters. The van der Waals surface area contributed by atoms with Crippen LogP contribution >= 0.6 is 11.6 Å². The second-order valence-electron chi connectivity index (χ2n) is 6.64. The number of rotatable bonds is 7. The molecule has 0 bridgehead atoms. The number of nitrogens with zero attached hydrogens (tertiary/aromatic N) is 3. The lowest BCUT2D eigenvalue weighted by Gasteiger charge is -2.24. The number of halogens is 1. The highest BCUT2D eigenvalue weighted by Gasteiger charge is 2.26. The van der Waals surface area contributed by atoms with E-state index in [9.17, 15) is 10.2 Å². The van der Waals surface area contributed by atoms with Crippen molar-refractivity contribution in [1.82, 2.24) is 9.97 Å². The van der Waals surface area contributed by atoms with Crippen LogP contribution in [0.15, 0.2) is 24.4 Å². The zero-order chi connectivity index (χ0) is 19.4. The van der Waals surface area contributed by atoms with Crippen molar-refractivity contribution >= 4 is 23.4 Å². The number of ether oxygens (including phenoxy) is 1. The van der Waals surface area contributed by atoms with Gasteiger partial charge in [-0.1, -0.05) is 17.7 Å². The van der Waals surface area contributed by atoms with Crippen LogP contribution in [-0.4, -0.2) is 46.5 Å². The fraction of sp³-hybridized carbons (Fsp3) is 0.474.